The van der Waals surface area contributed by atoms with Crippen LogP contribution < -0.4 is 9.96 Å². The Kier molecular flexibility index (Phi) is 4.60. The first-order valence-electron chi connectivity index (χ1n) is 7.32. The highest BCUT2D eigenvalue weighted by Gasteiger charge is 2.45. The van der Waals surface area contributed by atoms with Gasteiger partial charge in [0.15, 0.2) is 6.17 Å². The minimum Gasteiger partial charge on any atom is -0.623 e. The number of rotatable bonds is 4. The van der Waals surface area contributed by atoms with Crippen molar-refractivity contribution < 1.29 is 17.9 Å². The molecule has 1 N–H and O–H groups in total. The van der Waals surface area contributed by atoms with Gasteiger partial charge in [0.1, 0.15) is 6.67 Å². The Balaban J connectivity index is 1.74. The summed E-state index contributed by atoms with van der Waals surface area (Å²) in [6.07, 6.45) is -3.21. The van der Waals surface area contributed by atoms with Gasteiger partial charge >= 0.3 is 11.3 Å². The number of nitrogens with one attached hydrogen (secondary N) is 1. The maximum Gasteiger partial charge on any atom is 0.445 e. The molecule has 11 heteroatoms. The summed E-state index contributed by atoms with van der Waals surface area (Å²) in [4.78, 5) is 1.77. The van der Waals surface area contributed by atoms with Crippen LogP contribution in [0.4, 0.5) is 18.3 Å². The molecule has 130 valence electrons. The number of quaternary nitrogens is 1. The van der Waals surface area contributed by atoms with Crippen LogP contribution in [0.2, 0.25) is 0 Å². The summed E-state index contributed by atoms with van der Waals surface area (Å²) in [5.74, 6) is 0. The third-order valence-corrected chi connectivity index (χ3v) is 5.11. The summed E-state index contributed by atoms with van der Waals surface area (Å²) >= 11 is 0.314. The standard InChI is InChI=1S/C12H18F3N5O2S/c1-19-6-9(16-5-8-3-2-4-22-8)20(21,7-19)11-18-17-10(23-11)12(13,14)15/h8-9,16H,2-7H2,1H3. The molecule has 1 aromatic rings. The fourth-order valence-corrected chi connectivity index (χ4v) is 3.70. The number of hydroxylamine groups is 2. The van der Waals surface area contributed by atoms with E-state index in [0.717, 1.165) is 12.8 Å². The number of nitrogens with zero attached hydrogens (tertiary/aromatic N) is 4. The highest BCUT2D eigenvalue weighted by atomic mass is 32.1. The van der Waals surface area contributed by atoms with E-state index in [0.29, 0.717) is 31.0 Å². The van der Waals surface area contributed by atoms with Crippen molar-refractivity contribution in [2.24, 2.45) is 0 Å². The molecule has 3 atom stereocenters. The van der Waals surface area contributed by atoms with Gasteiger partial charge in [-0.1, -0.05) is 5.10 Å². The van der Waals surface area contributed by atoms with E-state index in [1.807, 2.05) is 0 Å². The van der Waals surface area contributed by atoms with Gasteiger partial charge in [-0.15, -0.1) is 5.10 Å². The number of hydrogen-bond acceptors (Lipinski definition) is 7. The fourth-order valence-electron chi connectivity index (χ4n) is 2.90. The molecule has 3 rings (SSSR count). The van der Waals surface area contributed by atoms with Crippen molar-refractivity contribution in [2.45, 2.75) is 31.3 Å². The summed E-state index contributed by atoms with van der Waals surface area (Å²) in [5.41, 5.74) is 0. The average Bonchev–Trinajstić information content (AvgIpc) is 3.15. The molecule has 3 heterocycles. The van der Waals surface area contributed by atoms with E-state index >= 15 is 0 Å². The van der Waals surface area contributed by atoms with E-state index in [1.165, 1.54) is 0 Å². The molecule has 3 unspecified atom stereocenters. The van der Waals surface area contributed by atoms with Crippen molar-refractivity contribution in [3.63, 3.8) is 0 Å². The van der Waals surface area contributed by atoms with Crippen LogP contribution in [-0.2, 0) is 10.9 Å². The molecule has 0 aromatic carbocycles. The van der Waals surface area contributed by atoms with Crippen molar-refractivity contribution >= 4 is 16.5 Å². The van der Waals surface area contributed by atoms with E-state index in [2.05, 4.69) is 15.5 Å². The molecule has 2 fully saturated rings. The van der Waals surface area contributed by atoms with Gasteiger partial charge in [0.25, 0.3) is 0 Å². The quantitative estimate of drug-likeness (QED) is 0.651. The van der Waals surface area contributed by atoms with E-state index in [-0.39, 0.29) is 17.9 Å². The lowest BCUT2D eigenvalue weighted by Gasteiger charge is -2.39. The zero-order valence-electron chi connectivity index (χ0n) is 12.5. The molecule has 0 radical (unpaired) electrons. The van der Waals surface area contributed by atoms with Crippen LogP contribution in [0.1, 0.15) is 17.8 Å². The second kappa shape index (κ2) is 6.22. The molecule has 0 saturated carbocycles. The van der Waals surface area contributed by atoms with Gasteiger partial charge in [-0.05, 0) is 31.2 Å². The number of aromatic nitrogens is 2. The topological polar surface area (TPSA) is 73.3 Å². The number of likely N-dealkylation sites (N-methyl/N-ethyl adjacent to an activating group) is 1. The third-order valence-electron chi connectivity index (χ3n) is 4.03. The molecule has 0 amide bonds. The number of hydrogen-bond donors (Lipinski definition) is 1. The van der Waals surface area contributed by atoms with E-state index in [1.54, 1.807) is 11.9 Å². The molecule has 23 heavy (non-hydrogen) atoms. The number of ether oxygens (including phenoxy) is 1. The summed E-state index contributed by atoms with van der Waals surface area (Å²) in [5, 5.41) is 21.6. The lowest BCUT2D eigenvalue weighted by molar-refractivity contribution is -0.138. The van der Waals surface area contributed by atoms with Gasteiger partial charge in [-0.25, -0.2) is 0 Å². The van der Waals surface area contributed by atoms with Crippen LogP contribution in [0.15, 0.2) is 0 Å². The molecule has 2 aliphatic heterocycles. The van der Waals surface area contributed by atoms with E-state index in [4.69, 9.17) is 4.74 Å². The minimum absolute atomic E-state index is 0.0374. The Morgan fingerprint density at radius 3 is 2.87 bits per heavy atom. The summed E-state index contributed by atoms with van der Waals surface area (Å²) in [7, 11) is 1.75. The van der Waals surface area contributed by atoms with Crippen LogP contribution in [0, 0.1) is 5.21 Å². The molecular formula is C12H18F3N5O2S. The van der Waals surface area contributed by atoms with Crippen molar-refractivity contribution in [2.75, 3.05) is 33.4 Å². The SMILES string of the molecule is CN1CC(NCC2CCCO2)[N+]([O-])(c2nnc(C(F)(F)F)s2)C1. The molecule has 2 saturated heterocycles. The second-order valence-corrected chi connectivity index (χ2v) is 6.88. The minimum atomic E-state index is -4.58. The van der Waals surface area contributed by atoms with E-state index < -0.39 is 22.0 Å². The van der Waals surface area contributed by atoms with Crippen LogP contribution >= 0.6 is 11.3 Å². The van der Waals surface area contributed by atoms with Gasteiger partial charge in [0.2, 0.25) is 5.01 Å². The number of halogens is 3. The predicted molar refractivity (Wildman–Crippen MR) is 78.3 cm³/mol. The monoisotopic (exact) mass is 353 g/mol. The van der Waals surface area contributed by atoms with Gasteiger partial charge in [-0.3, -0.25) is 14.9 Å². The molecular weight excluding hydrogens is 335 g/mol. The molecule has 0 spiro atoms. The lowest BCUT2D eigenvalue weighted by atomic mass is 10.2. The molecule has 0 bridgehead atoms. The van der Waals surface area contributed by atoms with Gasteiger partial charge in [-0.2, -0.15) is 13.2 Å². The Hall–Kier alpha value is -0.850. The van der Waals surface area contributed by atoms with Crippen LogP contribution in [-0.4, -0.2) is 60.8 Å². The lowest BCUT2D eigenvalue weighted by Crippen LogP contribution is -2.57. The predicted octanol–water partition coefficient (Wildman–Crippen LogP) is 1.36. The molecule has 1 aromatic heterocycles. The van der Waals surface area contributed by atoms with Crippen molar-refractivity contribution in [1.29, 1.82) is 0 Å². The number of alkyl halides is 3. The molecule has 0 aliphatic carbocycles. The normalized spacial score (nSPS) is 32.7. The van der Waals surface area contributed by atoms with Gasteiger partial charge in [0.05, 0.1) is 12.6 Å². The maximum absolute atomic E-state index is 13.1. The van der Waals surface area contributed by atoms with Crippen LogP contribution in [0.25, 0.3) is 0 Å². The maximum atomic E-state index is 13.1. The zero-order valence-corrected chi connectivity index (χ0v) is 13.4. The Bertz CT molecular complexity index is 551. The highest BCUT2D eigenvalue weighted by Crippen LogP contribution is 2.38. The molecule has 7 nitrogen and oxygen atoms in total. The summed E-state index contributed by atoms with van der Waals surface area (Å²) in [6.45, 7) is 1.68. The largest absolute Gasteiger partial charge is 0.623 e. The Morgan fingerprint density at radius 1 is 1.48 bits per heavy atom. The first-order chi connectivity index (χ1) is 10.8. The Morgan fingerprint density at radius 2 is 2.26 bits per heavy atom. The molecule has 2 aliphatic rings. The summed E-state index contributed by atoms with van der Waals surface area (Å²) < 4.78 is 42.6. The van der Waals surface area contributed by atoms with Crippen molar-refractivity contribution in [1.82, 2.24) is 25.1 Å². The van der Waals surface area contributed by atoms with Crippen LogP contribution in [0.5, 0.6) is 0 Å². The smallest absolute Gasteiger partial charge is 0.445 e. The first kappa shape index (κ1) is 17.0. The second-order valence-electron chi connectivity index (χ2n) is 5.92. The summed E-state index contributed by atoms with van der Waals surface area (Å²) in [6, 6.07) is 0. The van der Waals surface area contributed by atoms with Crippen molar-refractivity contribution in [3.8, 4) is 0 Å². The van der Waals surface area contributed by atoms with E-state index in [9.17, 15) is 18.4 Å². The first-order valence-corrected chi connectivity index (χ1v) is 8.14. The van der Waals surface area contributed by atoms with Crippen LogP contribution in [0.3, 0.4) is 0 Å². The van der Waals surface area contributed by atoms with Gasteiger partial charge < -0.3 is 9.94 Å². The third kappa shape index (κ3) is 3.49. The highest BCUT2D eigenvalue weighted by molar-refractivity contribution is 7.15. The Labute approximate surface area is 135 Å². The zero-order chi connectivity index (χ0) is 16.7. The van der Waals surface area contributed by atoms with Crippen molar-refractivity contribution in [3.05, 3.63) is 10.2 Å². The van der Waals surface area contributed by atoms with Gasteiger partial charge in [0, 0.05) is 13.2 Å². The average molecular weight is 353 g/mol. The fraction of sp³-hybridized carbons (Fsp3) is 0.833.